The summed E-state index contributed by atoms with van der Waals surface area (Å²) in [5.74, 6) is 1.62. The molecule has 0 bridgehead atoms. The highest BCUT2D eigenvalue weighted by atomic mass is 16.1. The molecule has 6 heteroatoms. The van der Waals surface area contributed by atoms with E-state index in [1.807, 2.05) is 25.1 Å². The first-order chi connectivity index (χ1) is 15.6. The van der Waals surface area contributed by atoms with Crippen LogP contribution in [0.1, 0.15) is 56.5 Å². The average Bonchev–Trinajstić information content (AvgIpc) is 3.16. The number of unbranched alkanes of at least 4 members (excludes halogenated alkanes) is 1. The van der Waals surface area contributed by atoms with E-state index in [1.54, 1.807) is 0 Å². The first-order valence-electron chi connectivity index (χ1n) is 11.5. The quantitative estimate of drug-likeness (QED) is 0.393. The Morgan fingerprint density at radius 3 is 2.50 bits per heavy atom. The van der Waals surface area contributed by atoms with E-state index in [4.69, 9.17) is 10.7 Å². The molecule has 2 aromatic heterocycles. The van der Waals surface area contributed by atoms with Gasteiger partial charge in [0, 0.05) is 31.3 Å². The summed E-state index contributed by atoms with van der Waals surface area (Å²) in [6.45, 7) is 5.47. The van der Waals surface area contributed by atoms with Gasteiger partial charge in [-0.1, -0.05) is 62.7 Å². The number of aryl methyl sites for hydroxylation is 1. The van der Waals surface area contributed by atoms with Gasteiger partial charge in [-0.05, 0) is 30.0 Å². The maximum Gasteiger partial charge on any atom is 0.220 e. The maximum atomic E-state index is 11.7. The zero-order chi connectivity index (χ0) is 22.5. The van der Waals surface area contributed by atoms with E-state index in [0.29, 0.717) is 25.3 Å². The van der Waals surface area contributed by atoms with Crippen molar-refractivity contribution in [3.05, 3.63) is 65.5 Å². The van der Waals surface area contributed by atoms with Gasteiger partial charge in [0.25, 0.3) is 0 Å². The summed E-state index contributed by atoms with van der Waals surface area (Å²) in [7, 11) is 0. The highest BCUT2D eigenvalue weighted by Crippen LogP contribution is 2.30. The fraction of sp³-hybridized carbons (Fsp3) is 0.346. The van der Waals surface area contributed by atoms with E-state index in [2.05, 4.69) is 52.1 Å². The van der Waals surface area contributed by atoms with Gasteiger partial charge in [0.15, 0.2) is 5.82 Å². The molecule has 1 amide bonds. The Bertz CT molecular complexity index is 1230. The van der Waals surface area contributed by atoms with Gasteiger partial charge in [-0.15, -0.1) is 0 Å². The van der Waals surface area contributed by atoms with E-state index in [0.717, 1.165) is 59.0 Å². The van der Waals surface area contributed by atoms with Crippen LogP contribution in [0.5, 0.6) is 0 Å². The maximum absolute atomic E-state index is 11.7. The normalized spacial score (nSPS) is 11.3. The third-order valence-electron chi connectivity index (χ3n) is 5.77. The van der Waals surface area contributed by atoms with Gasteiger partial charge < -0.3 is 15.6 Å². The predicted octanol–water partition coefficient (Wildman–Crippen LogP) is 4.97. The van der Waals surface area contributed by atoms with Crippen LogP contribution < -0.4 is 11.1 Å². The first kappa shape index (κ1) is 21.8. The second-order valence-electron chi connectivity index (χ2n) is 8.27. The Kier molecular flexibility index (Phi) is 6.69. The molecule has 0 radical (unpaired) electrons. The summed E-state index contributed by atoms with van der Waals surface area (Å²) in [6.07, 6.45) is 4.51. The second kappa shape index (κ2) is 9.81. The Morgan fingerprint density at radius 1 is 1.00 bits per heavy atom. The molecule has 0 atom stereocenters. The van der Waals surface area contributed by atoms with Gasteiger partial charge in [-0.3, -0.25) is 4.79 Å². The summed E-state index contributed by atoms with van der Waals surface area (Å²) >= 11 is 0. The number of rotatable bonds is 9. The summed E-state index contributed by atoms with van der Waals surface area (Å²) in [6, 6.07) is 16.5. The molecule has 0 aliphatic carbocycles. The largest absolute Gasteiger partial charge is 0.382 e. The zero-order valence-electron chi connectivity index (χ0n) is 18.9. The molecule has 0 saturated carbocycles. The molecule has 4 rings (SSSR count). The Hall–Kier alpha value is -3.41. The van der Waals surface area contributed by atoms with Crippen LogP contribution >= 0.6 is 0 Å². The summed E-state index contributed by atoms with van der Waals surface area (Å²) in [5.41, 5.74) is 11.3. The van der Waals surface area contributed by atoms with Gasteiger partial charge in [0.05, 0.1) is 11.0 Å². The number of nitrogen functional groups attached to an aromatic ring is 1. The molecule has 4 aromatic rings. The lowest BCUT2D eigenvalue weighted by molar-refractivity contribution is -0.121. The molecule has 32 heavy (non-hydrogen) atoms. The number of aromatic nitrogens is 3. The molecular weight excluding hydrogens is 398 g/mol. The van der Waals surface area contributed by atoms with Crippen LogP contribution in [0.25, 0.3) is 21.9 Å². The Labute approximate surface area is 188 Å². The van der Waals surface area contributed by atoms with Gasteiger partial charge in [0.1, 0.15) is 11.3 Å². The number of amides is 1. The minimum atomic E-state index is 0.0973. The van der Waals surface area contributed by atoms with E-state index in [-0.39, 0.29) is 5.91 Å². The lowest BCUT2D eigenvalue weighted by Crippen LogP contribution is -2.22. The van der Waals surface area contributed by atoms with Crippen LogP contribution in [-0.2, 0) is 24.3 Å². The van der Waals surface area contributed by atoms with E-state index in [9.17, 15) is 4.79 Å². The molecule has 0 spiro atoms. The predicted molar refractivity (Wildman–Crippen MR) is 130 cm³/mol. The van der Waals surface area contributed by atoms with Gasteiger partial charge in [0.2, 0.25) is 5.91 Å². The number of pyridine rings is 1. The van der Waals surface area contributed by atoms with E-state index < -0.39 is 0 Å². The molecule has 0 unspecified atom stereocenters. The monoisotopic (exact) mass is 429 g/mol. The topological polar surface area (TPSA) is 85.8 Å². The number of nitrogens with zero attached hydrogens (tertiary/aromatic N) is 3. The number of fused-ring (bicyclic) bond motifs is 3. The molecule has 2 aromatic carbocycles. The number of hydrogen-bond donors (Lipinski definition) is 2. The molecule has 6 nitrogen and oxygen atoms in total. The number of hydrogen-bond acceptors (Lipinski definition) is 4. The van der Waals surface area contributed by atoms with Crippen molar-refractivity contribution < 1.29 is 4.79 Å². The molecule has 0 fully saturated rings. The van der Waals surface area contributed by atoms with Gasteiger partial charge >= 0.3 is 0 Å². The standard InChI is InChI=1S/C26H31N5O/c1-3-5-11-22-30-24-25(20-9-6-7-10-21(20)29-26(24)27)31(22)17-19-14-12-18(13-15-19)16-28-23(32)8-4-2/h6-7,9-10,12-15H,3-5,8,11,16-17H2,1-2H3,(H2,27,29)(H,28,32). The van der Waals surface area contributed by atoms with Crippen molar-refractivity contribution >= 4 is 33.7 Å². The molecule has 0 saturated heterocycles. The van der Waals surface area contributed by atoms with Crippen LogP contribution in [0.2, 0.25) is 0 Å². The van der Waals surface area contributed by atoms with Gasteiger partial charge in [-0.25, -0.2) is 9.97 Å². The minimum Gasteiger partial charge on any atom is -0.382 e. The minimum absolute atomic E-state index is 0.0973. The molecular formula is C26H31N5O. The van der Waals surface area contributed by atoms with Crippen LogP contribution in [0.3, 0.4) is 0 Å². The van der Waals surface area contributed by atoms with Crippen LogP contribution in [-0.4, -0.2) is 20.4 Å². The van der Waals surface area contributed by atoms with Crippen molar-refractivity contribution in [3.8, 4) is 0 Å². The number of imidazole rings is 1. The first-order valence-corrected chi connectivity index (χ1v) is 11.5. The summed E-state index contributed by atoms with van der Waals surface area (Å²) in [4.78, 5) is 21.2. The molecule has 166 valence electrons. The van der Waals surface area contributed by atoms with Crippen LogP contribution in [0, 0.1) is 0 Å². The van der Waals surface area contributed by atoms with Crippen molar-refractivity contribution in [1.82, 2.24) is 19.9 Å². The highest BCUT2D eigenvalue weighted by molar-refractivity contribution is 6.06. The number of anilines is 1. The van der Waals surface area contributed by atoms with Crippen molar-refractivity contribution in [1.29, 1.82) is 0 Å². The van der Waals surface area contributed by atoms with Crippen molar-refractivity contribution in [2.75, 3.05) is 5.73 Å². The Balaban J connectivity index is 1.67. The Morgan fingerprint density at radius 2 is 1.75 bits per heavy atom. The number of carbonyl (C=O) groups excluding carboxylic acids is 1. The van der Waals surface area contributed by atoms with Crippen LogP contribution in [0.4, 0.5) is 5.82 Å². The van der Waals surface area contributed by atoms with E-state index >= 15 is 0 Å². The lowest BCUT2D eigenvalue weighted by Gasteiger charge is -2.12. The SMILES string of the molecule is CCCCc1nc2c(N)nc3ccccc3c2n1Cc1ccc(CNC(=O)CCC)cc1. The smallest absolute Gasteiger partial charge is 0.220 e. The van der Waals surface area contributed by atoms with E-state index in [1.165, 1.54) is 5.56 Å². The van der Waals surface area contributed by atoms with Crippen molar-refractivity contribution in [2.24, 2.45) is 0 Å². The number of nitrogens with two attached hydrogens (primary N) is 1. The van der Waals surface area contributed by atoms with Crippen molar-refractivity contribution in [2.45, 2.75) is 59.0 Å². The third-order valence-corrected chi connectivity index (χ3v) is 5.77. The molecule has 2 heterocycles. The second-order valence-corrected chi connectivity index (χ2v) is 8.27. The van der Waals surface area contributed by atoms with Gasteiger partial charge in [-0.2, -0.15) is 0 Å². The highest BCUT2D eigenvalue weighted by Gasteiger charge is 2.17. The lowest BCUT2D eigenvalue weighted by atomic mass is 10.1. The average molecular weight is 430 g/mol. The number of benzene rings is 2. The number of para-hydroxylation sites is 1. The number of nitrogens with one attached hydrogen (secondary N) is 1. The number of carbonyl (C=O) groups is 1. The zero-order valence-corrected chi connectivity index (χ0v) is 18.9. The summed E-state index contributed by atoms with van der Waals surface area (Å²) in [5, 5.41) is 4.04. The molecule has 3 N–H and O–H groups in total. The fourth-order valence-corrected chi connectivity index (χ4v) is 4.06. The molecule has 0 aliphatic rings. The molecule has 0 aliphatic heterocycles. The summed E-state index contributed by atoms with van der Waals surface area (Å²) < 4.78 is 2.30. The van der Waals surface area contributed by atoms with Crippen LogP contribution in [0.15, 0.2) is 48.5 Å². The third kappa shape index (κ3) is 4.59. The fourth-order valence-electron chi connectivity index (χ4n) is 4.06. The van der Waals surface area contributed by atoms with Crippen molar-refractivity contribution in [3.63, 3.8) is 0 Å².